The van der Waals surface area contributed by atoms with Crippen molar-refractivity contribution in [1.29, 1.82) is 0 Å². The zero-order valence-corrected chi connectivity index (χ0v) is 11.6. The molecule has 0 saturated heterocycles. The summed E-state index contributed by atoms with van der Waals surface area (Å²) in [4.78, 5) is 11.7. The number of aryl methyl sites for hydroxylation is 1. The molecular weight excluding hydrogens is 280 g/mol. The number of hydrogen-bond acceptors (Lipinski definition) is 4. The normalized spacial score (nSPS) is 11.2. The molecule has 20 heavy (non-hydrogen) atoms. The van der Waals surface area contributed by atoms with Crippen LogP contribution in [-0.2, 0) is 21.9 Å². The summed E-state index contributed by atoms with van der Waals surface area (Å²) in [6.45, 7) is -0.341. The maximum atomic E-state index is 11.9. The predicted octanol–water partition coefficient (Wildman–Crippen LogP) is 0.337. The lowest BCUT2D eigenvalue weighted by Crippen LogP contribution is -2.32. The van der Waals surface area contributed by atoms with Gasteiger partial charge in [-0.1, -0.05) is 18.2 Å². The first-order valence-corrected chi connectivity index (χ1v) is 7.29. The molecule has 0 radical (unpaired) electrons. The van der Waals surface area contributed by atoms with Gasteiger partial charge >= 0.3 is 0 Å². The summed E-state index contributed by atoms with van der Waals surface area (Å²) in [7, 11) is -2.11. The van der Waals surface area contributed by atoms with E-state index in [2.05, 4.69) is 15.1 Å². The minimum Gasteiger partial charge on any atom is -0.325 e. The molecule has 0 unspecified atom stereocenters. The number of anilines is 1. The summed E-state index contributed by atoms with van der Waals surface area (Å²) >= 11 is 0. The Balaban J connectivity index is 1.93. The second kappa shape index (κ2) is 5.85. The van der Waals surface area contributed by atoms with Gasteiger partial charge in [-0.2, -0.15) is 5.10 Å². The van der Waals surface area contributed by atoms with Gasteiger partial charge in [0.25, 0.3) is 0 Å². The molecule has 0 saturated carbocycles. The van der Waals surface area contributed by atoms with Crippen molar-refractivity contribution in [2.75, 3.05) is 11.9 Å². The fourth-order valence-electron chi connectivity index (χ4n) is 1.51. The predicted molar refractivity (Wildman–Crippen MR) is 73.5 cm³/mol. The molecule has 1 heterocycles. The van der Waals surface area contributed by atoms with Gasteiger partial charge in [-0.25, -0.2) is 13.1 Å². The van der Waals surface area contributed by atoms with Gasteiger partial charge in [-0.05, 0) is 12.1 Å². The third kappa shape index (κ3) is 3.65. The van der Waals surface area contributed by atoms with Crippen LogP contribution in [0.3, 0.4) is 0 Å². The Bertz CT molecular complexity index is 695. The van der Waals surface area contributed by atoms with Crippen molar-refractivity contribution in [2.45, 2.75) is 4.90 Å². The summed E-state index contributed by atoms with van der Waals surface area (Å²) in [6, 6.07) is 8.80. The van der Waals surface area contributed by atoms with Gasteiger partial charge in [0.2, 0.25) is 15.9 Å². The number of rotatable bonds is 5. The molecule has 2 aromatic rings. The van der Waals surface area contributed by atoms with Crippen molar-refractivity contribution in [2.24, 2.45) is 7.05 Å². The molecular formula is C12H14N4O3S. The van der Waals surface area contributed by atoms with E-state index in [1.54, 1.807) is 31.3 Å². The van der Waals surface area contributed by atoms with Gasteiger partial charge in [0.15, 0.2) is 0 Å². The Labute approximate surface area is 116 Å². The Morgan fingerprint density at radius 2 is 2.00 bits per heavy atom. The van der Waals surface area contributed by atoms with Crippen LogP contribution < -0.4 is 10.0 Å². The molecule has 1 amide bonds. The van der Waals surface area contributed by atoms with E-state index in [1.165, 1.54) is 17.1 Å². The van der Waals surface area contributed by atoms with E-state index < -0.39 is 15.9 Å². The van der Waals surface area contributed by atoms with Gasteiger partial charge in [-0.15, -0.1) is 0 Å². The van der Waals surface area contributed by atoms with Crippen LogP contribution in [0, 0.1) is 0 Å². The molecule has 0 atom stereocenters. The third-order valence-corrected chi connectivity index (χ3v) is 3.83. The number of sulfonamides is 1. The van der Waals surface area contributed by atoms with E-state index in [1.807, 2.05) is 6.07 Å². The highest BCUT2D eigenvalue weighted by molar-refractivity contribution is 7.89. The fraction of sp³-hybridized carbons (Fsp3) is 0.167. The monoisotopic (exact) mass is 294 g/mol. The molecule has 106 valence electrons. The third-order valence-electron chi connectivity index (χ3n) is 2.47. The van der Waals surface area contributed by atoms with Crippen LogP contribution in [0.2, 0.25) is 0 Å². The molecule has 0 spiro atoms. The number of para-hydroxylation sites is 1. The van der Waals surface area contributed by atoms with E-state index in [-0.39, 0.29) is 11.4 Å². The summed E-state index contributed by atoms with van der Waals surface area (Å²) in [5.41, 5.74) is 0.609. The van der Waals surface area contributed by atoms with Crippen molar-refractivity contribution < 1.29 is 13.2 Å². The quantitative estimate of drug-likeness (QED) is 0.831. The first kappa shape index (κ1) is 14.2. The van der Waals surface area contributed by atoms with Gasteiger partial charge in [0, 0.05) is 18.9 Å². The molecule has 0 fully saturated rings. The molecule has 1 aromatic carbocycles. The highest BCUT2D eigenvalue weighted by Gasteiger charge is 2.17. The number of carbonyl (C=O) groups is 1. The molecule has 2 rings (SSSR count). The van der Waals surface area contributed by atoms with Gasteiger partial charge < -0.3 is 5.32 Å². The van der Waals surface area contributed by atoms with Crippen molar-refractivity contribution in [3.05, 3.63) is 42.7 Å². The Hall–Kier alpha value is -2.19. The lowest BCUT2D eigenvalue weighted by molar-refractivity contribution is -0.115. The molecule has 0 aliphatic heterocycles. The van der Waals surface area contributed by atoms with E-state index in [4.69, 9.17) is 0 Å². The van der Waals surface area contributed by atoms with Crippen molar-refractivity contribution in [3.8, 4) is 0 Å². The maximum absolute atomic E-state index is 11.9. The average Bonchev–Trinajstić information content (AvgIpc) is 2.85. The first-order valence-electron chi connectivity index (χ1n) is 5.80. The molecule has 1 aromatic heterocycles. The number of amides is 1. The van der Waals surface area contributed by atoms with Gasteiger partial charge in [0.1, 0.15) is 4.90 Å². The topological polar surface area (TPSA) is 93.1 Å². The maximum Gasteiger partial charge on any atom is 0.244 e. The second-order valence-corrected chi connectivity index (χ2v) is 5.86. The van der Waals surface area contributed by atoms with Crippen LogP contribution in [0.15, 0.2) is 47.6 Å². The second-order valence-electron chi connectivity index (χ2n) is 4.09. The van der Waals surface area contributed by atoms with Gasteiger partial charge in [0.05, 0.1) is 12.7 Å². The van der Waals surface area contributed by atoms with E-state index >= 15 is 0 Å². The van der Waals surface area contributed by atoms with Crippen molar-refractivity contribution >= 4 is 21.6 Å². The largest absolute Gasteiger partial charge is 0.325 e. The van der Waals surface area contributed by atoms with Crippen LogP contribution in [-0.4, -0.2) is 30.7 Å². The number of hydrogen-bond donors (Lipinski definition) is 2. The minimum atomic E-state index is -3.72. The first-order chi connectivity index (χ1) is 9.47. The average molecular weight is 294 g/mol. The van der Waals surface area contributed by atoms with Crippen LogP contribution >= 0.6 is 0 Å². The summed E-state index contributed by atoms with van der Waals surface area (Å²) < 4.78 is 27.3. The lowest BCUT2D eigenvalue weighted by Gasteiger charge is -2.06. The molecule has 7 nitrogen and oxygen atoms in total. The van der Waals surface area contributed by atoms with Gasteiger partial charge in [-0.3, -0.25) is 9.48 Å². The van der Waals surface area contributed by atoms with Crippen LogP contribution in [0.25, 0.3) is 0 Å². The highest BCUT2D eigenvalue weighted by atomic mass is 32.2. The van der Waals surface area contributed by atoms with E-state index in [0.717, 1.165) is 0 Å². The number of carbonyl (C=O) groups excluding carboxylic acids is 1. The van der Waals surface area contributed by atoms with E-state index in [9.17, 15) is 13.2 Å². The smallest absolute Gasteiger partial charge is 0.244 e. The number of aromatic nitrogens is 2. The fourth-order valence-corrected chi connectivity index (χ4v) is 2.47. The number of benzene rings is 1. The lowest BCUT2D eigenvalue weighted by atomic mass is 10.3. The van der Waals surface area contributed by atoms with Crippen LogP contribution in [0.1, 0.15) is 0 Å². The SMILES string of the molecule is Cn1cc(S(=O)(=O)NCC(=O)Nc2ccccc2)cn1. The minimum absolute atomic E-state index is 0.0208. The molecule has 0 aliphatic carbocycles. The zero-order valence-electron chi connectivity index (χ0n) is 10.8. The number of nitrogens with zero attached hydrogens (tertiary/aromatic N) is 2. The molecule has 0 bridgehead atoms. The van der Waals surface area contributed by atoms with Crippen molar-refractivity contribution in [3.63, 3.8) is 0 Å². The summed E-state index contributed by atoms with van der Waals surface area (Å²) in [5.74, 6) is -0.441. The van der Waals surface area contributed by atoms with Crippen LogP contribution in [0.5, 0.6) is 0 Å². The zero-order chi connectivity index (χ0) is 14.6. The van der Waals surface area contributed by atoms with E-state index in [0.29, 0.717) is 5.69 Å². The Kier molecular flexibility index (Phi) is 4.16. The molecule has 2 N–H and O–H groups in total. The summed E-state index contributed by atoms with van der Waals surface area (Å²) in [5, 5.41) is 6.36. The summed E-state index contributed by atoms with van der Waals surface area (Å²) in [6.07, 6.45) is 2.58. The van der Waals surface area contributed by atoms with Crippen molar-refractivity contribution in [1.82, 2.24) is 14.5 Å². The van der Waals surface area contributed by atoms with Crippen LogP contribution in [0.4, 0.5) is 5.69 Å². The molecule has 8 heteroatoms. The number of nitrogens with one attached hydrogen (secondary N) is 2. The Morgan fingerprint density at radius 3 is 2.60 bits per heavy atom. The highest BCUT2D eigenvalue weighted by Crippen LogP contribution is 2.06. The Morgan fingerprint density at radius 1 is 1.30 bits per heavy atom. The standard InChI is InChI=1S/C12H14N4O3S/c1-16-9-11(7-13-16)20(18,19)14-8-12(17)15-10-5-3-2-4-6-10/h2-7,9,14H,8H2,1H3,(H,15,17). The molecule has 0 aliphatic rings.